The third-order valence-corrected chi connectivity index (χ3v) is 8.52. The van der Waals surface area contributed by atoms with E-state index in [4.69, 9.17) is 14.1 Å². The van der Waals surface area contributed by atoms with Crippen molar-refractivity contribution in [3.05, 3.63) is 53.2 Å². The molecule has 4 atom stereocenters. The number of ketones is 1. The van der Waals surface area contributed by atoms with Gasteiger partial charge in [-0.25, -0.2) is 14.8 Å². The number of methoxy groups -OCH3 is 1. The lowest BCUT2D eigenvalue weighted by molar-refractivity contribution is -0.122. The number of aryl methyl sites for hydroxylation is 2. The molecule has 0 saturated heterocycles. The number of hydrogen-bond acceptors (Lipinski definition) is 7. The first-order valence-corrected chi connectivity index (χ1v) is 13.7. The molecule has 204 valence electrons. The third kappa shape index (κ3) is 4.29. The highest BCUT2D eigenvalue weighted by atomic mass is 16.5. The van der Waals surface area contributed by atoms with E-state index in [1.54, 1.807) is 18.7 Å². The van der Waals surface area contributed by atoms with Crippen LogP contribution in [0.3, 0.4) is 0 Å². The Labute approximate surface area is 226 Å². The largest absolute Gasteiger partial charge is 0.452 e. The van der Waals surface area contributed by atoms with E-state index in [-0.39, 0.29) is 23.8 Å². The normalized spacial score (nSPS) is 22.2. The third-order valence-electron chi connectivity index (χ3n) is 8.52. The SMILES string of the molecule is COC(=O)N1c2ccc3c(nc([C@@H](O)c4ccc5oc(C)nc5c4)n3[C@@H]3CCC[C@@H](C(C)=O)C3)c2CC[C@@H]1C. The van der Waals surface area contributed by atoms with Gasteiger partial charge in [0.15, 0.2) is 11.5 Å². The van der Waals surface area contributed by atoms with Gasteiger partial charge >= 0.3 is 6.09 Å². The number of Topliss-reactive ketones (excluding diaryl/α,β-unsaturated/α-hetero) is 1. The van der Waals surface area contributed by atoms with Crippen LogP contribution in [0.15, 0.2) is 34.7 Å². The molecule has 1 N–H and O–H groups in total. The van der Waals surface area contributed by atoms with Gasteiger partial charge in [0.25, 0.3) is 0 Å². The number of aromatic nitrogens is 3. The number of nitrogens with zero attached hydrogens (tertiary/aromatic N) is 4. The lowest BCUT2D eigenvalue weighted by atomic mass is 9.83. The number of ether oxygens (including phenoxy) is 1. The predicted molar refractivity (Wildman–Crippen MR) is 147 cm³/mol. The van der Waals surface area contributed by atoms with Gasteiger partial charge in [0.05, 0.1) is 23.8 Å². The summed E-state index contributed by atoms with van der Waals surface area (Å²) in [5.41, 5.74) is 5.49. The van der Waals surface area contributed by atoms with Crippen molar-refractivity contribution in [3.63, 3.8) is 0 Å². The van der Waals surface area contributed by atoms with E-state index < -0.39 is 12.2 Å². The molecule has 1 aliphatic heterocycles. The number of aliphatic hydroxyl groups is 1. The molecule has 1 saturated carbocycles. The number of anilines is 1. The Bertz CT molecular complexity index is 1590. The zero-order valence-corrected chi connectivity index (χ0v) is 22.8. The number of oxazole rings is 1. The maximum atomic E-state index is 12.7. The molecule has 39 heavy (non-hydrogen) atoms. The summed E-state index contributed by atoms with van der Waals surface area (Å²) in [6.45, 7) is 5.48. The van der Waals surface area contributed by atoms with E-state index in [9.17, 15) is 14.7 Å². The van der Waals surface area contributed by atoms with Crippen molar-refractivity contribution in [1.29, 1.82) is 0 Å². The molecule has 2 aliphatic rings. The lowest BCUT2D eigenvalue weighted by Crippen LogP contribution is -2.42. The van der Waals surface area contributed by atoms with E-state index in [1.165, 1.54) is 7.11 Å². The lowest BCUT2D eigenvalue weighted by Gasteiger charge is -2.34. The number of hydrogen-bond donors (Lipinski definition) is 1. The van der Waals surface area contributed by atoms with E-state index in [2.05, 4.69) is 9.55 Å². The number of rotatable bonds is 4. The second-order valence-corrected chi connectivity index (χ2v) is 11.0. The van der Waals surface area contributed by atoms with Crippen LogP contribution in [0.4, 0.5) is 10.5 Å². The minimum Gasteiger partial charge on any atom is -0.452 e. The monoisotopic (exact) mass is 530 g/mol. The molecule has 1 fully saturated rings. The summed E-state index contributed by atoms with van der Waals surface area (Å²) in [6, 6.07) is 9.50. The van der Waals surface area contributed by atoms with Crippen LogP contribution < -0.4 is 4.90 Å². The van der Waals surface area contributed by atoms with Crippen molar-refractivity contribution in [2.45, 2.75) is 77.5 Å². The van der Waals surface area contributed by atoms with Gasteiger partial charge in [0.1, 0.15) is 23.2 Å². The molecule has 9 nitrogen and oxygen atoms in total. The minimum absolute atomic E-state index is 0.00172. The average molecular weight is 531 g/mol. The Hall–Kier alpha value is -3.72. The van der Waals surface area contributed by atoms with Gasteiger partial charge in [-0.1, -0.05) is 12.5 Å². The summed E-state index contributed by atoms with van der Waals surface area (Å²) in [4.78, 5) is 36.3. The van der Waals surface area contributed by atoms with Crippen molar-refractivity contribution in [2.24, 2.45) is 5.92 Å². The molecular formula is C30H34N4O5. The van der Waals surface area contributed by atoms with Gasteiger partial charge in [0.2, 0.25) is 0 Å². The molecule has 6 rings (SSSR count). The van der Waals surface area contributed by atoms with Crippen molar-refractivity contribution in [3.8, 4) is 0 Å². The van der Waals surface area contributed by atoms with Gasteiger partial charge < -0.3 is 18.8 Å². The fourth-order valence-electron chi connectivity index (χ4n) is 6.52. The highest BCUT2D eigenvalue weighted by Gasteiger charge is 2.35. The van der Waals surface area contributed by atoms with Crippen LogP contribution in [-0.2, 0) is 16.0 Å². The maximum absolute atomic E-state index is 12.7. The number of benzene rings is 2. The quantitative estimate of drug-likeness (QED) is 0.355. The van der Waals surface area contributed by atoms with E-state index in [0.717, 1.165) is 54.4 Å². The molecule has 2 aromatic heterocycles. The molecule has 9 heteroatoms. The van der Waals surface area contributed by atoms with Gasteiger partial charge in [-0.2, -0.15) is 0 Å². The summed E-state index contributed by atoms with van der Waals surface area (Å²) in [6.07, 6.45) is 3.58. The van der Waals surface area contributed by atoms with Crippen LogP contribution in [0.1, 0.15) is 80.9 Å². The van der Waals surface area contributed by atoms with Crippen LogP contribution in [0.25, 0.3) is 22.1 Å². The van der Waals surface area contributed by atoms with Gasteiger partial charge in [-0.15, -0.1) is 0 Å². The first-order valence-electron chi connectivity index (χ1n) is 13.7. The minimum atomic E-state index is -1.01. The molecule has 4 aromatic rings. The predicted octanol–water partition coefficient (Wildman–Crippen LogP) is 5.80. The van der Waals surface area contributed by atoms with Crippen LogP contribution in [0, 0.1) is 12.8 Å². The summed E-state index contributed by atoms with van der Waals surface area (Å²) in [5, 5.41) is 11.8. The molecule has 0 spiro atoms. The standard InChI is InChI=1S/C30H34N4O5/c1-16-8-10-22-24(33(16)30(37)38-4)11-12-25-27(22)32-29(34(25)21-7-5-6-19(14-21)17(2)35)28(36)20-9-13-26-23(15-20)31-18(3)39-26/h9,11-13,15-16,19,21,28,36H,5-8,10,14H2,1-4H3/t16-,19+,21+,28-/m0/s1. The Morgan fingerprint density at radius 3 is 2.74 bits per heavy atom. The van der Waals surface area contributed by atoms with Crippen LogP contribution >= 0.6 is 0 Å². The molecule has 2 aromatic carbocycles. The topological polar surface area (TPSA) is 111 Å². The summed E-state index contributed by atoms with van der Waals surface area (Å²) >= 11 is 0. The number of carbonyl (C=O) groups excluding carboxylic acids is 2. The van der Waals surface area contributed by atoms with E-state index in [1.807, 2.05) is 37.3 Å². The first kappa shape index (κ1) is 25.6. The van der Waals surface area contributed by atoms with Crippen LogP contribution in [-0.4, -0.2) is 44.7 Å². The van der Waals surface area contributed by atoms with Crippen molar-refractivity contribution in [1.82, 2.24) is 14.5 Å². The summed E-state index contributed by atoms with van der Waals surface area (Å²) < 4.78 is 12.9. The van der Waals surface area contributed by atoms with Gasteiger partial charge in [-0.3, -0.25) is 9.69 Å². The number of imidazole rings is 1. The van der Waals surface area contributed by atoms with Crippen LogP contribution in [0.5, 0.6) is 0 Å². The van der Waals surface area contributed by atoms with Crippen molar-refractivity contribution in [2.75, 3.05) is 12.0 Å². The Kier molecular flexibility index (Phi) is 6.41. The zero-order chi connectivity index (χ0) is 27.4. The molecule has 0 bridgehead atoms. The van der Waals surface area contributed by atoms with Crippen molar-refractivity contribution >= 4 is 39.7 Å². The maximum Gasteiger partial charge on any atom is 0.414 e. The van der Waals surface area contributed by atoms with Crippen LogP contribution in [0.2, 0.25) is 0 Å². The second-order valence-electron chi connectivity index (χ2n) is 11.0. The average Bonchev–Trinajstić information content (AvgIpc) is 3.51. The molecule has 3 heterocycles. The molecule has 0 unspecified atom stereocenters. The highest BCUT2D eigenvalue weighted by molar-refractivity contribution is 5.95. The fourth-order valence-corrected chi connectivity index (χ4v) is 6.52. The molecule has 1 amide bonds. The summed E-state index contributed by atoms with van der Waals surface area (Å²) in [7, 11) is 1.40. The number of aliphatic hydroxyl groups excluding tert-OH is 1. The van der Waals surface area contributed by atoms with Gasteiger partial charge in [-0.05, 0) is 75.8 Å². The highest BCUT2D eigenvalue weighted by Crippen LogP contribution is 2.42. The Morgan fingerprint density at radius 2 is 1.97 bits per heavy atom. The fraction of sp³-hybridized carbons (Fsp3) is 0.467. The Balaban J connectivity index is 1.53. The molecule has 0 radical (unpaired) electrons. The molecular weight excluding hydrogens is 496 g/mol. The Morgan fingerprint density at radius 1 is 1.15 bits per heavy atom. The number of fused-ring (bicyclic) bond motifs is 4. The van der Waals surface area contributed by atoms with E-state index >= 15 is 0 Å². The van der Waals surface area contributed by atoms with E-state index in [0.29, 0.717) is 34.8 Å². The smallest absolute Gasteiger partial charge is 0.414 e. The number of amides is 1. The summed E-state index contributed by atoms with van der Waals surface area (Å²) in [5.74, 6) is 1.31. The van der Waals surface area contributed by atoms with Gasteiger partial charge in [0, 0.05) is 30.5 Å². The number of carbonyl (C=O) groups is 2. The zero-order valence-electron chi connectivity index (χ0n) is 22.8. The van der Waals surface area contributed by atoms with Crippen molar-refractivity contribution < 1.29 is 23.8 Å². The molecule has 1 aliphatic carbocycles. The first-order chi connectivity index (χ1) is 18.8. The second kappa shape index (κ2) is 9.79.